The highest BCUT2D eigenvalue weighted by Gasteiger charge is 2.41. The predicted octanol–water partition coefficient (Wildman–Crippen LogP) is 0.496. The molecule has 0 aromatic rings. The molecule has 1 aliphatic rings. The molecule has 0 amide bonds. The Hall–Kier alpha value is -0.820. The second-order valence-corrected chi connectivity index (χ2v) is 9.11. The molecule has 0 aromatic heterocycles. The molecule has 7 heteroatoms. The topological polar surface area (TPSA) is 71.0 Å². The van der Waals surface area contributed by atoms with Crippen molar-refractivity contribution >= 4 is 15.8 Å². The number of rotatable bonds is 3. The molecule has 0 unspecified atom stereocenters. The predicted molar refractivity (Wildman–Crippen MR) is 81.9 cm³/mol. The van der Waals surface area contributed by atoms with Gasteiger partial charge in [0.2, 0.25) is 0 Å². The Bertz CT molecular complexity index is 469. The van der Waals surface area contributed by atoms with Gasteiger partial charge in [-0.2, -0.15) is 0 Å². The van der Waals surface area contributed by atoms with Crippen molar-refractivity contribution in [1.29, 1.82) is 0 Å². The zero-order chi connectivity index (χ0) is 15.6. The van der Waals surface area contributed by atoms with Gasteiger partial charge in [0.25, 0.3) is 0 Å². The van der Waals surface area contributed by atoms with E-state index in [4.69, 9.17) is 4.74 Å². The Kier molecular flexibility index (Phi) is 5.08. The van der Waals surface area contributed by atoms with Gasteiger partial charge in [0.15, 0.2) is 15.8 Å². The standard InChI is InChI=1S/C13H27N3O3S/c1-12(2,19-6)9-15-11(14-5)16-7-8-20(17,18)13(3,4)10-16/h7-10H2,1-6H3,(H,14,15). The summed E-state index contributed by atoms with van der Waals surface area (Å²) in [7, 11) is 0.341. The molecular formula is C13H27N3O3S. The number of sulfone groups is 1. The number of nitrogens with one attached hydrogen (secondary N) is 1. The van der Waals surface area contributed by atoms with Gasteiger partial charge in [0, 0.05) is 33.8 Å². The molecule has 0 spiro atoms. The third kappa shape index (κ3) is 3.85. The lowest BCUT2D eigenvalue weighted by Gasteiger charge is -2.39. The van der Waals surface area contributed by atoms with E-state index in [9.17, 15) is 8.42 Å². The SMILES string of the molecule is CN=C(NCC(C)(C)OC)N1CCS(=O)(=O)C(C)(C)C1. The summed E-state index contributed by atoms with van der Waals surface area (Å²) in [4.78, 5) is 6.24. The molecule has 0 aliphatic carbocycles. The summed E-state index contributed by atoms with van der Waals surface area (Å²) in [5, 5.41) is 3.25. The minimum absolute atomic E-state index is 0.161. The minimum atomic E-state index is -3.03. The fourth-order valence-corrected chi connectivity index (χ4v) is 3.39. The van der Waals surface area contributed by atoms with E-state index < -0.39 is 14.6 Å². The fraction of sp³-hybridized carbons (Fsp3) is 0.923. The number of guanidine groups is 1. The number of nitrogens with zero attached hydrogens (tertiary/aromatic N) is 2. The van der Waals surface area contributed by atoms with E-state index in [2.05, 4.69) is 10.3 Å². The van der Waals surface area contributed by atoms with Crippen molar-refractivity contribution in [1.82, 2.24) is 10.2 Å². The first-order valence-electron chi connectivity index (χ1n) is 6.78. The second kappa shape index (κ2) is 5.89. The van der Waals surface area contributed by atoms with Crippen LogP contribution in [0.3, 0.4) is 0 Å². The molecule has 6 nitrogen and oxygen atoms in total. The summed E-state index contributed by atoms with van der Waals surface area (Å²) >= 11 is 0. The molecule has 0 saturated carbocycles. The molecule has 118 valence electrons. The second-order valence-electron chi connectivity index (χ2n) is 6.36. The first-order chi connectivity index (χ1) is 9.04. The molecule has 1 saturated heterocycles. The maximum atomic E-state index is 12.0. The van der Waals surface area contributed by atoms with Gasteiger partial charge in [0.1, 0.15) is 0 Å². The van der Waals surface area contributed by atoms with Crippen molar-refractivity contribution in [2.75, 3.05) is 39.5 Å². The van der Waals surface area contributed by atoms with Gasteiger partial charge < -0.3 is 15.0 Å². The lowest BCUT2D eigenvalue weighted by Crippen LogP contribution is -2.58. The number of hydrogen-bond donors (Lipinski definition) is 1. The van der Waals surface area contributed by atoms with E-state index in [0.717, 1.165) is 5.96 Å². The van der Waals surface area contributed by atoms with Crippen molar-refractivity contribution in [2.24, 2.45) is 4.99 Å². The summed E-state index contributed by atoms with van der Waals surface area (Å²) in [6, 6.07) is 0. The Morgan fingerprint density at radius 2 is 2.05 bits per heavy atom. The van der Waals surface area contributed by atoms with Crippen LogP contribution in [0.2, 0.25) is 0 Å². The molecule has 1 heterocycles. The van der Waals surface area contributed by atoms with E-state index in [-0.39, 0.29) is 11.4 Å². The van der Waals surface area contributed by atoms with Crippen LogP contribution >= 0.6 is 0 Å². The molecule has 0 aromatic carbocycles. The van der Waals surface area contributed by atoms with Gasteiger partial charge >= 0.3 is 0 Å². The van der Waals surface area contributed by atoms with Crippen LogP contribution in [0, 0.1) is 0 Å². The van der Waals surface area contributed by atoms with Crippen molar-refractivity contribution in [3.63, 3.8) is 0 Å². The smallest absolute Gasteiger partial charge is 0.193 e. The minimum Gasteiger partial charge on any atom is -0.377 e. The largest absolute Gasteiger partial charge is 0.377 e. The van der Waals surface area contributed by atoms with E-state index in [1.54, 1.807) is 28.0 Å². The first kappa shape index (κ1) is 17.2. The fourth-order valence-electron chi connectivity index (χ4n) is 2.02. The highest BCUT2D eigenvalue weighted by molar-refractivity contribution is 7.92. The molecule has 0 bridgehead atoms. The quantitative estimate of drug-likeness (QED) is 0.607. The normalized spacial score (nSPS) is 22.7. The van der Waals surface area contributed by atoms with Crippen LogP contribution in [-0.2, 0) is 14.6 Å². The maximum Gasteiger partial charge on any atom is 0.193 e. The lowest BCUT2D eigenvalue weighted by molar-refractivity contribution is 0.0263. The summed E-state index contributed by atoms with van der Waals surface area (Å²) in [6.45, 7) is 9.03. The van der Waals surface area contributed by atoms with Gasteiger partial charge in [0.05, 0.1) is 16.1 Å². The molecule has 1 N–H and O–H groups in total. The lowest BCUT2D eigenvalue weighted by atomic mass is 10.1. The molecule has 0 atom stereocenters. The van der Waals surface area contributed by atoms with Crippen LogP contribution in [0.5, 0.6) is 0 Å². The van der Waals surface area contributed by atoms with Crippen LogP contribution in [0.1, 0.15) is 27.7 Å². The van der Waals surface area contributed by atoms with E-state index in [1.165, 1.54) is 0 Å². The van der Waals surface area contributed by atoms with E-state index >= 15 is 0 Å². The van der Waals surface area contributed by atoms with Crippen molar-refractivity contribution < 1.29 is 13.2 Å². The zero-order valence-corrected chi connectivity index (χ0v) is 14.2. The summed E-state index contributed by atoms with van der Waals surface area (Å²) < 4.78 is 28.6. The monoisotopic (exact) mass is 305 g/mol. The Morgan fingerprint density at radius 3 is 2.50 bits per heavy atom. The number of methoxy groups -OCH3 is 1. The maximum absolute atomic E-state index is 12.0. The van der Waals surface area contributed by atoms with Crippen LogP contribution < -0.4 is 5.32 Å². The Balaban J connectivity index is 2.74. The van der Waals surface area contributed by atoms with E-state index in [1.807, 2.05) is 18.7 Å². The van der Waals surface area contributed by atoms with Crippen LogP contribution in [-0.4, -0.2) is 69.2 Å². The van der Waals surface area contributed by atoms with Crippen LogP contribution in [0.15, 0.2) is 4.99 Å². The summed E-state index contributed by atoms with van der Waals surface area (Å²) in [6.07, 6.45) is 0. The van der Waals surface area contributed by atoms with Gasteiger partial charge in [-0.1, -0.05) is 0 Å². The molecule has 0 radical (unpaired) electrons. The summed E-state index contributed by atoms with van der Waals surface area (Å²) in [5.74, 6) is 0.882. The highest BCUT2D eigenvalue weighted by Crippen LogP contribution is 2.23. The van der Waals surface area contributed by atoms with Crippen molar-refractivity contribution in [2.45, 2.75) is 38.0 Å². The zero-order valence-electron chi connectivity index (χ0n) is 13.4. The molecular weight excluding hydrogens is 278 g/mol. The number of hydrogen-bond acceptors (Lipinski definition) is 4. The Labute approximate surface area is 122 Å². The third-order valence-electron chi connectivity index (χ3n) is 3.78. The summed E-state index contributed by atoms with van der Waals surface area (Å²) in [5.41, 5.74) is -0.298. The van der Waals surface area contributed by atoms with E-state index in [0.29, 0.717) is 19.6 Å². The molecule has 1 aliphatic heterocycles. The van der Waals surface area contributed by atoms with Gasteiger partial charge in [-0.3, -0.25) is 4.99 Å². The highest BCUT2D eigenvalue weighted by atomic mass is 32.2. The van der Waals surface area contributed by atoms with Gasteiger partial charge in [-0.05, 0) is 27.7 Å². The van der Waals surface area contributed by atoms with Crippen LogP contribution in [0.25, 0.3) is 0 Å². The average Bonchev–Trinajstić information content (AvgIpc) is 2.34. The number of ether oxygens (including phenoxy) is 1. The van der Waals surface area contributed by atoms with Crippen molar-refractivity contribution in [3.05, 3.63) is 0 Å². The van der Waals surface area contributed by atoms with Gasteiger partial charge in [-0.15, -0.1) is 0 Å². The molecule has 1 fully saturated rings. The molecule has 20 heavy (non-hydrogen) atoms. The van der Waals surface area contributed by atoms with Crippen molar-refractivity contribution in [3.8, 4) is 0 Å². The Morgan fingerprint density at radius 1 is 1.45 bits per heavy atom. The molecule has 1 rings (SSSR count). The first-order valence-corrected chi connectivity index (χ1v) is 8.43. The van der Waals surface area contributed by atoms with Crippen LogP contribution in [0.4, 0.5) is 0 Å². The number of aliphatic imine (C=N–C) groups is 1. The average molecular weight is 305 g/mol. The third-order valence-corrected chi connectivity index (χ3v) is 6.31. The van der Waals surface area contributed by atoms with Gasteiger partial charge in [-0.25, -0.2) is 8.42 Å².